The number of nitrogens with two attached hydrogens (primary N) is 1. The fraction of sp³-hybridized carbons (Fsp3) is 0.786. The Balaban J connectivity index is 1.43. The molecule has 2 aliphatic rings. The van der Waals surface area contributed by atoms with Crippen LogP contribution < -0.4 is 11.1 Å². The molecule has 0 aromatic carbocycles. The third-order valence-electron chi connectivity index (χ3n) is 4.55. The number of hydrogen-bond acceptors (Lipinski definition) is 5. The van der Waals surface area contributed by atoms with Gasteiger partial charge in [-0.3, -0.25) is 9.58 Å². The van der Waals surface area contributed by atoms with Crippen LogP contribution in [0.5, 0.6) is 0 Å². The quantitative estimate of drug-likeness (QED) is 0.831. The molecule has 7 nitrogen and oxygen atoms in total. The van der Waals surface area contributed by atoms with Crippen molar-refractivity contribution in [3.8, 4) is 0 Å². The van der Waals surface area contributed by atoms with Crippen LogP contribution in [0.3, 0.4) is 0 Å². The standard InChI is InChI=1S/C14H24N6OS/c15-14(21)16-7-12-9-20(18-17-12)8-11-1-4-19(5-2-11)13-3-6-22-10-13/h9,11,13H,1-8,10H2,(H3,15,16,21). The largest absolute Gasteiger partial charge is 0.352 e. The van der Waals surface area contributed by atoms with Crippen LogP contribution in [-0.4, -0.2) is 56.6 Å². The fourth-order valence-corrected chi connectivity index (χ4v) is 4.52. The third kappa shape index (κ3) is 4.13. The van der Waals surface area contributed by atoms with E-state index in [9.17, 15) is 4.79 Å². The van der Waals surface area contributed by atoms with E-state index in [0.29, 0.717) is 12.5 Å². The number of primary amides is 1. The van der Waals surface area contributed by atoms with Gasteiger partial charge in [-0.25, -0.2) is 4.79 Å². The minimum Gasteiger partial charge on any atom is -0.352 e. The molecular formula is C14H24N6OS. The number of nitrogens with one attached hydrogen (secondary N) is 1. The average Bonchev–Trinajstić information content (AvgIpc) is 3.17. The summed E-state index contributed by atoms with van der Waals surface area (Å²) in [4.78, 5) is 13.4. The zero-order valence-electron chi connectivity index (χ0n) is 12.8. The number of urea groups is 1. The molecule has 122 valence electrons. The van der Waals surface area contributed by atoms with Gasteiger partial charge in [-0.2, -0.15) is 11.8 Å². The Kier molecular flexibility index (Phi) is 5.20. The van der Waals surface area contributed by atoms with Crippen molar-refractivity contribution < 1.29 is 4.79 Å². The normalized spacial score (nSPS) is 23.7. The molecule has 0 bridgehead atoms. The lowest BCUT2D eigenvalue weighted by molar-refractivity contribution is 0.134. The molecule has 0 spiro atoms. The molecule has 3 rings (SSSR count). The molecule has 1 atom stereocenters. The maximum absolute atomic E-state index is 10.7. The predicted molar refractivity (Wildman–Crippen MR) is 86.5 cm³/mol. The molecule has 0 saturated carbocycles. The Morgan fingerprint density at radius 1 is 1.41 bits per heavy atom. The molecule has 1 aromatic heterocycles. The van der Waals surface area contributed by atoms with Gasteiger partial charge in [0.1, 0.15) is 5.69 Å². The zero-order valence-corrected chi connectivity index (χ0v) is 13.6. The van der Waals surface area contributed by atoms with E-state index in [1.165, 1.54) is 43.9 Å². The van der Waals surface area contributed by atoms with E-state index >= 15 is 0 Å². The minimum absolute atomic E-state index is 0.340. The summed E-state index contributed by atoms with van der Waals surface area (Å²) in [6.07, 6.45) is 5.72. The Morgan fingerprint density at radius 3 is 2.91 bits per heavy atom. The third-order valence-corrected chi connectivity index (χ3v) is 5.69. The summed E-state index contributed by atoms with van der Waals surface area (Å²) < 4.78 is 1.89. The molecule has 2 aliphatic heterocycles. The molecule has 1 aromatic rings. The highest BCUT2D eigenvalue weighted by Crippen LogP contribution is 2.27. The van der Waals surface area contributed by atoms with Crippen molar-refractivity contribution in [2.45, 2.75) is 38.4 Å². The van der Waals surface area contributed by atoms with Crippen LogP contribution in [0.1, 0.15) is 25.0 Å². The van der Waals surface area contributed by atoms with Gasteiger partial charge in [0.15, 0.2) is 0 Å². The minimum atomic E-state index is -0.535. The van der Waals surface area contributed by atoms with E-state index in [1.807, 2.05) is 10.9 Å². The highest BCUT2D eigenvalue weighted by molar-refractivity contribution is 7.99. The number of hydrogen-bond donors (Lipinski definition) is 2. The molecule has 3 heterocycles. The van der Waals surface area contributed by atoms with Gasteiger partial charge in [-0.1, -0.05) is 5.21 Å². The van der Waals surface area contributed by atoms with Gasteiger partial charge in [0.2, 0.25) is 0 Å². The number of amides is 2. The number of nitrogens with zero attached hydrogens (tertiary/aromatic N) is 4. The molecule has 0 aliphatic carbocycles. The van der Waals surface area contributed by atoms with Gasteiger partial charge in [-0.15, -0.1) is 5.10 Å². The lowest BCUT2D eigenvalue weighted by Gasteiger charge is -2.35. The van der Waals surface area contributed by atoms with Crippen molar-refractivity contribution in [3.05, 3.63) is 11.9 Å². The number of piperidine rings is 1. The second kappa shape index (κ2) is 7.32. The second-order valence-electron chi connectivity index (χ2n) is 6.15. The van der Waals surface area contributed by atoms with Crippen molar-refractivity contribution in [2.24, 2.45) is 11.7 Å². The van der Waals surface area contributed by atoms with Crippen LogP contribution in [0.25, 0.3) is 0 Å². The monoisotopic (exact) mass is 324 g/mol. The predicted octanol–water partition coefficient (Wildman–Crippen LogP) is 0.664. The number of carbonyl (C=O) groups is 1. The summed E-state index contributed by atoms with van der Waals surface area (Å²) in [5, 5.41) is 10.7. The summed E-state index contributed by atoms with van der Waals surface area (Å²) in [6, 6.07) is 0.274. The van der Waals surface area contributed by atoms with Gasteiger partial charge in [0, 0.05) is 18.3 Å². The molecule has 3 N–H and O–H groups in total. The van der Waals surface area contributed by atoms with E-state index in [2.05, 4.69) is 32.3 Å². The van der Waals surface area contributed by atoms with Gasteiger partial charge in [0.25, 0.3) is 0 Å². The van der Waals surface area contributed by atoms with Crippen molar-refractivity contribution in [1.82, 2.24) is 25.2 Å². The van der Waals surface area contributed by atoms with E-state index in [4.69, 9.17) is 5.73 Å². The smallest absolute Gasteiger partial charge is 0.312 e. The molecule has 1 unspecified atom stereocenters. The molecule has 8 heteroatoms. The van der Waals surface area contributed by atoms with Crippen molar-refractivity contribution in [1.29, 1.82) is 0 Å². The van der Waals surface area contributed by atoms with Crippen LogP contribution in [0, 0.1) is 5.92 Å². The summed E-state index contributed by atoms with van der Waals surface area (Å²) in [7, 11) is 0. The molecule has 22 heavy (non-hydrogen) atoms. The van der Waals surface area contributed by atoms with Crippen LogP contribution >= 0.6 is 11.8 Å². The maximum Gasteiger partial charge on any atom is 0.312 e. The first-order valence-corrected chi connectivity index (χ1v) is 9.10. The topological polar surface area (TPSA) is 89.1 Å². The number of likely N-dealkylation sites (tertiary alicyclic amines) is 1. The van der Waals surface area contributed by atoms with Crippen molar-refractivity contribution in [3.63, 3.8) is 0 Å². The van der Waals surface area contributed by atoms with Gasteiger partial charge < -0.3 is 11.1 Å². The first-order chi connectivity index (χ1) is 10.7. The molecule has 0 radical (unpaired) electrons. The first kappa shape index (κ1) is 15.6. The van der Waals surface area contributed by atoms with Crippen LogP contribution in [0.2, 0.25) is 0 Å². The Bertz CT molecular complexity index is 493. The summed E-state index contributed by atoms with van der Waals surface area (Å²) in [5.41, 5.74) is 5.80. The Morgan fingerprint density at radius 2 is 2.23 bits per heavy atom. The summed E-state index contributed by atoms with van der Waals surface area (Å²) in [5.74, 6) is 3.30. The molecule has 2 saturated heterocycles. The van der Waals surface area contributed by atoms with E-state index in [-0.39, 0.29) is 0 Å². The zero-order chi connectivity index (χ0) is 15.4. The number of rotatable bonds is 5. The van der Waals surface area contributed by atoms with Gasteiger partial charge >= 0.3 is 6.03 Å². The summed E-state index contributed by atoms with van der Waals surface area (Å²) in [6.45, 7) is 3.67. The van der Waals surface area contributed by atoms with Crippen LogP contribution in [0.15, 0.2) is 6.20 Å². The lowest BCUT2D eigenvalue weighted by atomic mass is 9.95. The fourth-order valence-electron chi connectivity index (χ4n) is 3.26. The second-order valence-corrected chi connectivity index (χ2v) is 7.30. The Labute approximate surface area is 135 Å². The van der Waals surface area contributed by atoms with E-state index in [0.717, 1.165) is 18.3 Å². The van der Waals surface area contributed by atoms with E-state index in [1.54, 1.807) is 0 Å². The van der Waals surface area contributed by atoms with Gasteiger partial charge in [-0.05, 0) is 44.0 Å². The average molecular weight is 324 g/mol. The van der Waals surface area contributed by atoms with E-state index < -0.39 is 6.03 Å². The van der Waals surface area contributed by atoms with Crippen molar-refractivity contribution >= 4 is 17.8 Å². The van der Waals surface area contributed by atoms with Crippen LogP contribution in [-0.2, 0) is 13.1 Å². The molecule has 2 amide bonds. The molecular weight excluding hydrogens is 300 g/mol. The highest BCUT2D eigenvalue weighted by Gasteiger charge is 2.27. The lowest BCUT2D eigenvalue weighted by Crippen LogP contribution is -2.42. The number of aromatic nitrogens is 3. The Hall–Kier alpha value is -1.28. The molecule has 2 fully saturated rings. The number of carbonyl (C=O) groups excluding carboxylic acids is 1. The number of thioether (sulfide) groups is 1. The summed E-state index contributed by atoms with van der Waals surface area (Å²) >= 11 is 2.09. The van der Waals surface area contributed by atoms with Gasteiger partial charge in [0.05, 0.1) is 12.7 Å². The van der Waals surface area contributed by atoms with Crippen molar-refractivity contribution in [2.75, 3.05) is 24.6 Å². The maximum atomic E-state index is 10.7. The van der Waals surface area contributed by atoms with Crippen LogP contribution in [0.4, 0.5) is 4.79 Å². The highest BCUT2D eigenvalue weighted by atomic mass is 32.2. The SMILES string of the molecule is NC(=O)NCc1cn(CC2CCN(C3CCSC3)CC2)nn1. The first-order valence-electron chi connectivity index (χ1n) is 7.95.